The van der Waals surface area contributed by atoms with Gasteiger partial charge in [0.15, 0.2) is 0 Å². The van der Waals surface area contributed by atoms with E-state index in [1.807, 2.05) is 48.5 Å². The first-order valence-electron chi connectivity index (χ1n) is 7.03. The zero-order valence-electron chi connectivity index (χ0n) is 12.8. The molecule has 0 saturated heterocycles. The number of nitrogens with one attached hydrogen (secondary N) is 2. The summed E-state index contributed by atoms with van der Waals surface area (Å²) in [7, 11) is 3.21. The van der Waals surface area contributed by atoms with Crippen LogP contribution < -0.4 is 20.1 Å². The molecule has 0 aliphatic carbocycles. The van der Waals surface area contributed by atoms with Crippen LogP contribution in [0.25, 0.3) is 0 Å². The molecular weight excluding hydrogens is 280 g/mol. The van der Waals surface area contributed by atoms with Gasteiger partial charge in [-0.15, -0.1) is 0 Å². The summed E-state index contributed by atoms with van der Waals surface area (Å²) in [5, 5.41) is 6.04. The van der Waals surface area contributed by atoms with Crippen LogP contribution in [0.3, 0.4) is 0 Å². The first-order valence-corrected chi connectivity index (χ1v) is 7.03. The summed E-state index contributed by atoms with van der Waals surface area (Å²) in [6, 6.07) is 14.9. The molecule has 0 atom stereocenters. The summed E-state index contributed by atoms with van der Waals surface area (Å²) in [5.74, 6) is 1.39. The lowest BCUT2D eigenvalue weighted by atomic mass is 10.2. The lowest BCUT2D eigenvalue weighted by Crippen LogP contribution is -2.16. The summed E-state index contributed by atoms with van der Waals surface area (Å²) in [6.45, 7) is 0.549. The van der Waals surface area contributed by atoms with Crippen LogP contribution in [0.5, 0.6) is 11.5 Å². The second-order valence-electron chi connectivity index (χ2n) is 4.65. The van der Waals surface area contributed by atoms with Crippen molar-refractivity contribution in [2.75, 3.05) is 31.4 Å². The van der Waals surface area contributed by atoms with Crippen LogP contribution in [0.4, 0.5) is 11.4 Å². The van der Waals surface area contributed by atoms with Gasteiger partial charge in [0, 0.05) is 18.7 Å². The molecule has 0 heterocycles. The molecule has 2 N–H and O–H groups in total. The minimum Gasteiger partial charge on any atom is -0.497 e. The van der Waals surface area contributed by atoms with Crippen molar-refractivity contribution in [1.82, 2.24) is 0 Å². The number of hydrogen-bond acceptors (Lipinski definition) is 4. The van der Waals surface area contributed by atoms with E-state index in [4.69, 9.17) is 9.47 Å². The smallest absolute Gasteiger partial charge is 0.226 e. The van der Waals surface area contributed by atoms with E-state index < -0.39 is 0 Å². The number of anilines is 2. The van der Waals surface area contributed by atoms with E-state index in [1.54, 1.807) is 14.2 Å². The highest BCUT2D eigenvalue weighted by Gasteiger charge is 2.06. The molecule has 0 aliphatic rings. The molecule has 1 amide bonds. The standard InChI is InChI=1S/C17H20N2O3/c1-21-14-9-7-13(8-10-14)18-12-11-17(20)19-15-5-3-4-6-16(15)22-2/h3-10,18H,11-12H2,1-2H3,(H,19,20). The topological polar surface area (TPSA) is 59.6 Å². The van der Waals surface area contributed by atoms with Crippen molar-refractivity contribution in [1.29, 1.82) is 0 Å². The fourth-order valence-electron chi connectivity index (χ4n) is 1.99. The third-order valence-electron chi connectivity index (χ3n) is 3.15. The molecule has 0 aliphatic heterocycles. The number of rotatable bonds is 7. The van der Waals surface area contributed by atoms with Crippen LogP contribution in [-0.4, -0.2) is 26.7 Å². The summed E-state index contributed by atoms with van der Waals surface area (Å²) < 4.78 is 10.3. The maximum atomic E-state index is 11.9. The van der Waals surface area contributed by atoms with Gasteiger partial charge in [-0.2, -0.15) is 0 Å². The second kappa shape index (κ2) is 7.93. The fourth-order valence-corrected chi connectivity index (χ4v) is 1.99. The van der Waals surface area contributed by atoms with Crippen molar-refractivity contribution in [3.8, 4) is 11.5 Å². The number of carbonyl (C=O) groups is 1. The van der Waals surface area contributed by atoms with Gasteiger partial charge >= 0.3 is 0 Å². The van der Waals surface area contributed by atoms with Crippen molar-refractivity contribution in [3.05, 3.63) is 48.5 Å². The molecule has 5 heteroatoms. The molecule has 0 bridgehead atoms. The number of methoxy groups -OCH3 is 2. The Morgan fingerprint density at radius 1 is 1.00 bits per heavy atom. The molecule has 0 radical (unpaired) electrons. The van der Waals surface area contributed by atoms with Gasteiger partial charge < -0.3 is 20.1 Å². The Hall–Kier alpha value is -2.69. The molecule has 0 unspecified atom stereocenters. The molecule has 0 spiro atoms. The lowest BCUT2D eigenvalue weighted by molar-refractivity contribution is -0.116. The van der Waals surface area contributed by atoms with Gasteiger partial charge in [0.2, 0.25) is 5.91 Å². The second-order valence-corrected chi connectivity index (χ2v) is 4.65. The maximum absolute atomic E-state index is 11.9. The van der Waals surface area contributed by atoms with Crippen molar-refractivity contribution >= 4 is 17.3 Å². The van der Waals surface area contributed by atoms with Crippen LogP contribution in [0.2, 0.25) is 0 Å². The zero-order chi connectivity index (χ0) is 15.8. The van der Waals surface area contributed by atoms with Crippen molar-refractivity contribution in [2.24, 2.45) is 0 Å². The Balaban J connectivity index is 1.80. The first-order chi connectivity index (χ1) is 10.7. The highest BCUT2D eigenvalue weighted by atomic mass is 16.5. The molecular formula is C17H20N2O3. The van der Waals surface area contributed by atoms with Gasteiger partial charge in [0.25, 0.3) is 0 Å². The van der Waals surface area contributed by atoms with Crippen molar-refractivity contribution in [3.63, 3.8) is 0 Å². The van der Waals surface area contributed by atoms with E-state index in [2.05, 4.69) is 10.6 Å². The molecule has 2 aromatic carbocycles. The van der Waals surface area contributed by atoms with Gasteiger partial charge in [0.1, 0.15) is 11.5 Å². The van der Waals surface area contributed by atoms with Gasteiger partial charge in [-0.1, -0.05) is 12.1 Å². The van der Waals surface area contributed by atoms with Crippen LogP contribution >= 0.6 is 0 Å². The zero-order valence-corrected chi connectivity index (χ0v) is 12.8. The Morgan fingerprint density at radius 2 is 1.73 bits per heavy atom. The molecule has 0 aromatic heterocycles. The molecule has 0 fully saturated rings. The third kappa shape index (κ3) is 4.41. The largest absolute Gasteiger partial charge is 0.497 e. The SMILES string of the molecule is COc1ccc(NCCC(=O)Nc2ccccc2OC)cc1. The predicted octanol–water partition coefficient (Wildman–Crippen LogP) is 3.14. The predicted molar refractivity (Wildman–Crippen MR) is 87.7 cm³/mol. The molecule has 5 nitrogen and oxygen atoms in total. The van der Waals surface area contributed by atoms with Gasteiger partial charge in [-0.3, -0.25) is 4.79 Å². The summed E-state index contributed by atoms with van der Waals surface area (Å²) in [4.78, 5) is 11.9. The minimum atomic E-state index is -0.0643. The molecule has 22 heavy (non-hydrogen) atoms. The molecule has 2 aromatic rings. The number of ether oxygens (including phenoxy) is 2. The highest BCUT2D eigenvalue weighted by molar-refractivity contribution is 5.92. The van der Waals surface area contributed by atoms with Gasteiger partial charge in [-0.25, -0.2) is 0 Å². The Kier molecular flexibility index (Phi) is 5.65. The van der Waals surface area contributed by atoms with E-state index in [9.17, 15) is 4.79 Å². The number of hydrogen-bond donors (Lipinski definition) is 2. The number of para-hydroxylation sites is 2. The molecule has 0 saturated carbocycles. The van der Waals surface area contributed by atoms with E-state index >= 15 is 0 Å². The Bertz CT molecular complexity index is 612. The summed E-state index contributed by atoms with van der Waals surface area (Å²) >= 11 is 0. The van der Waals surface area contributed by atoms with E-state index in [0.29, 0.717) is 24.4 Å². The van der Waals surface area contributed by atoms with E-state index in [0.717, 1.165) is 11.4 Å². The average molecular weight is 300 g/mol. The molecule has 116 valence electrons. The normalized spacial score (nSPS) is 9.91. The first kappa shape index (κ1) is 15.7. The number of amides is 1. The monoisotopic (exact) mass is 300 g/mol. The highest BCUT2D eigenvalue weighted by Crippen LogP contribution is 2.23. The summed E-state index contributed by atoms with van der Waals surface area (Å²) in [6.07, 6.45) is 0.365. The molecule has 2 rings (SSSR count). The van der Waals surface area contributed by atoms with E-state index in [1.165, 1.54) is 0 Å². The van der Waals surface area contributed by atoms with Crippen LogP contribution in [0.1, 0.15) is 6.42 Å². The average Bonchev–Trinajstić information content (AvgIpc) is 2.56. The van der Waals surface area contributed by atoms with Crippen LogP contribution in [-0.2, 0) is 4.79 Å². The van der Waals surface area contributed by atoms with E-state index in [-0.39, 0.29) is 5.91 Å². The van der Waals surface area contributed by atoms with Crippen molar-refractivity contribution < 1.29 is 14.3 Å². The number of carbonyl (C=O) groups excluding carboxylic acids is 1. The fraction of sp³-hybridized carbons (Fsp3) is 0.235. The quantitative estimate of drug-likeness (QED) is 0.824. The Labute approximate surface area is 130 Å². The van der Waals surface area contributed by atoms with Crippen molar-refractivity contribution in [2.45, 2.75) is 6.42 Å². The minimum absolute atomic E-state index is 0.0643. The lowest BCUT2D eigenvalue weighted by Gasteiger charge is -2.10. The van der Waals surface area contributed by atoms with Crippen LogP contribution in [0.15, 0.2) is 48.5 Å². The van der Waals surface area contributed by atoms with Gasteiger partial charge in [0.05, 0.1) is 19.9 Å². The third-order valence-corrected chi connectivity index (χ3v) is 3.15. The number of benzene rings is 2. The summed E-state index contributed by atoms with van der Waals surface area (Å²) in [5.41, 5.74) is 1.63. The maximum Gasteiger partial charge on any atom is 0.226 e. The van der Waals surface area contributed by atoms with Gasteiger partial charge in [-0.05, 0) is 36.4 Å². The Morgan fingerprint density at radius 3 is 2.41 bits per heavy atom. The van der Waals surface area contributed by atoms with Crippen LogP contribution in [0, 0.1) is 0 Å².